The molecular formula is C15H14BrF2N. The fourth-order valence-corrected chi connectivity index (χ4v) is 2.61. The van der Waals surface area contributed by atoms with E-state index in [2.05, 4.69) is 21.2 Å². The van der Waals surface area contributed by atoms with Crippen LogP contribution in [0.5, 0.6) is 0 Å². The minimum Gasteiger partial charge on any atom is -0.313 e. The summed E-state index contributed by atoms with van der Waals surface area (Å²) in [5, 5.41) is 3.14. The summed E-state index contributed by atoms with van der Waals surface area (Å²) in [7, 11) is 1.81. The third-order valence-electron chi connectivity index (χ3n) is 3.06. The highest BCUT2D eigenvalue weighted by Gasteiger charge is 2.15. The van der Waals surface area contributed by atoms with Gasteiger partial charge >= 0.3 is 0 Å². The molecule has 0 saturated heterocycles. The number of rotatable bonds is 4. The average molecular weight is 326 g/mol. The molecule has 1 unspecified atom stereocenters. The SMILES string of the molecule is CNC(Cc1cc(F)ccc1F)c1ccccc1Br. The number of hydrogen-bond acceptors (Lipinski definition) is 1. The molecule has 0 saturated carbocycles. The molecule has 2 aromatic rings. The van der Waals surface area contributed by atoms with Crippen LogP contribution in [0, 0.1) is 11.6 Å². The fourth-order valence-electron chi connectivity index (χ4n) is 2.04. The average Bonchev–Trinajstić information content (AvgIpc) is 2.41. The summed E-state index contributed by atoms with van der Waals surface area (Å²) in [5.74, 6) is -0.799. The van der Waals surface area contributed by atoms with Crippen molar-refractivity contribution in [2.75, 3.05) is 7.05 Å². The van der Waals surface area contributed by atoms with E-state index in [1.807, 2.05) is 24.3 Å². The molecule has 0 radical (unpaired) electrons. The highest BCUT2D eigenvalue weighted by atomic mass is 79.9. The Labute approximate surface area is 119 Å². The lowest BCUT2D eigenvalue weighted by atomic mass is 9.98. The molecule has 1 atom stereocenters. The monoisotopic (exact) mass is 325 g/mol. The van der Waals surface area contributed by atoms with Gasteiger partial charge in [-0.15, -0.1) is 0 Å². The van der Waals surface area contributed by atoms with Gasteiger partial charge in [-0.3, -0.25) is 0 Å². The van der Waals surface area contributed by atoms with Crippen LogP contribution < -0.4 is 5.32 Å². The zero-order valence-electron chi connectivity index (χ0n) is 10.5. The minimum absolute atomic E-state index is 0.0770. The van der Waals surface area contributed by atoms with E-state index in [1.165, 1.54) is 6.07 Å². The van der Waals surface area contributed by atoms with Gasteiger partial charge in [-0.1, -0.05) is 34.1 Å². The molecule has 100 valence electrons. The van der Waals surface area contributed by atoms with Gasteiger partial charge in [0.25, 0.3) is 0 Å². The topological polar surface area (TPSA) is 12.0 Å². The molecule has 0 amide bonds. The van der Waals surface area contributed by atoms with Crippen molar-refractivity contribution in [1.29, 1.82) is 0 Å². The third-order valence-corrected chi connectivity index (χ3v) is 3.78. The minimum atomic E-state index is -0.418. The summed E-state index contributed by atoms with van der Waals surface area (Å²) in [6.45, 7) is 0. The predicted molar refractivity (Wildman–Crippen MR) is 76.0 cm³/mol. The number of likely N-dealkylation sites (N-methyl/N-ethyl adjacent to an activating group) is 1. The smallest absolute Gasteiger partial charge is 0.126 e. The third kappa shape index (κ3) is 3.39. The maximum absolute atomic E-state index is 13.7. The first kappa shape index (κ1) is 14.2. The Hall–Kier alpha value is -1.26. The first-order chi connectivity index (χ1) is 9.11. The van der Waals surface area contributed by atoms with Crippen molar-refractivity contribution in [2.45, 2.75) is 12.5 Å². The Bertz CT molecular complexity index is 572. The fraction of sp³-hybridized carbons (Fsp3) is 0.200. The molecule has 0 aliphatic heterocycles. The van der Waals surface area contributed by atoms with Crippen LogP contribution in [0.25, 0.3) is 0 Å². The molecule has 0 bridgehead atoms. The number of hydrogen-bond donors (Lipinski definition) is 1. The van der Waals surface area contributed by atoms with Crippen LogP contribution >= 0.6 is 15.9 Å². The lowest BCUT2D eigenvalue weighted by Gasteiger charge is -2.18. The van der Waals surface area contributed by atoms with E-state index in [4.69, 9.17) is 0 Å². The normalized spacial score (nSPS) is 12.4. The van der Waals surface area contributed by atoms with Crippen LogP contribution in [-0.4, -0.2) is 7.05 Å². The predicted octanol–water partition coefficient (Wildman–Crippen LogP) is 4.23. The quantitative estimate of drug-likeness (QED) is 0.887. The molecular weight excluding hydrogens is 312 g/mol. The summed E-state index contributed by atoms with van der Waals surface area (Å²) >= 11 is 3.48. The van der Waals surface area contributed by atoms with Crippen LogP contribution in [-0.2, 0) is 6.42 Å². The van der Waals surface area contributed by atoms with Crippen molar-refractivity contribution in [3.05, 3.63) is 69.7 Å². The first-order valence-corrected chi connectivity index (χ1v) is 6.76. The Morgan fingerprint density at radius 2 is 1.89 bits per heavy atom. The van der Waals surface area contributed by atoms with Gasteiger partial charge in [-0.2, -0.15) is 0 Å². The van der Waals surface area contributed by atoms with Gasteiger partial charge in [0, 0.05) is 10.5 Å². The van der Waals surface area contributed by atoms with E-state index < -0.39 is 5.82 Å². The van der Waals surface area contributed by atoms with Crippen LogP contribution in [0.3, 0.4) is 0 Å². The molecule has 2 aromatic carbocycles. The summed E-state index contributed by atoms with van der Waals surface area (Å²) in [5.41, 5.74) is 1.39. The van der Waals surface area contributed by atoms with Crippen molar-refractivity contribution in [3.8, 4) is 0 Å². The molecule has 1 nitrogen and oxygen atoms in total. The van der Waals surface area contributed by atoms with Gasteiger partial charge in [0.05, 0.1) is 0 Å². The lowest BCUT2D eigenvalue weighted by molar-refractivity contribution is 0.543. The highest BCUT2D eigenvalue weighted by Crippen LogP contribution is 2.26. The van der Waals surface area contributed by atoms with Gasteiger partial charge in [0.2, 0.25) is 0 Å². The second-order valence-electron chi connectivity index (χ2n) is 4.30. The van der Waals surface area contributed by atoms with Crippen LogP contribution in [0.2, 0.25) is 0 Å². The first-order valence-electron chi connectivity index (χ1n) is 5.97. The number of halogens is 3. The van der Waals surface area contributed by atoms with Crippen molar-refractivity contribution in [1.82, 2.24) is 5.32 Å². The van der Waals surface area contributed by atoms with Crippen LogP contribution in [0.4, 0.5) is 8.78 Å². The molecule has 0 fully saturated rings. The highest BCUT2D eigenvalue weighted by molar-refractivity contribution is 9.10. The molecule has 19 heavy (non-hydrogen) atoms. The summed E-state index contributed by atoms with van der Waals surface area (Å²) in [6, 6.07) is 11.2. The van der Waals surface area contributed by atoms with E-state index in [-0.39, 0.29) is 11.9 Å². The molecule has 0 spiro atoms. The van der Waals surface area contributed by atoms with E-state index in [9.17, 15) is 8.78 Å². The zero-order chi connectivity index (χ0) is 13.8. The molecule has 2 rings (SSSR count). The second-order valence-corrected chi connectivity index (χ2v) is 5.16. The zero-order valence-corrected chi connectivity index (χ0v) is 12.0. The van der Waals surface area contributed by atoms with Gasteiger partial charge in [0.1, 0.15) is 11.6 Å². The second kappa shape index (κ2) is 6.26. The Balaban J connectivity index is 2.29. The molecule has 4 heteroatoms. The lowest BCUT2D eigenvalue weighted by Crippen LogP contribution is -2.20. The summed E-state index contributed by atoms with van der Waals surface area (Å²) in [6.07, 6.45) is 0.392. The molecule has 0 aliphatic carbocycles. The van der Waals surface area contributed by atoms with Gasteiger partial charge in [-0.05, 0) is 48.9 Å². The van der Waals surface area contributed by atoms with Gasteiger partial charge in [0.15, 0.2) is 0 Å². The van der Waals surface area contributed by atoms with E-state index in [0.717, 1.165) is 22.2 Å². The van der Waals surface area contributed by atoms with E-state index in [0.29, 0.717) is 12.0 Å². The van der Waals surface area contributed by atoms with Crippen molar-refractivity contribution >= 4 is 15.9 Å². The maximum Gasteiger partial charge on any atom is 0.126 e. The van der Waals surface area contributed by atoms with Crippen LogP contribution in [0.15, 0.2) is 46.9 Å². The molecule has 0 aliphatic rings. The largest absolute Gasteiger partial charge is 0.313 e. The maximum atomic E-state index is 13.7. The number of benzene rings is 2. The standard InChI is InChI=1S/C15H14BrF2N/c1-19-15(12-4-2-3-5-13(12)16)9-10-8-11(17)6-7-14(10)18/h2-8,15,19H,9H2,1H3. The summed E-state index contributed by atoms with van der Waals surface area (Å²) in [4.78, 5) is 0. The van der Waals surface area contributed by atoms with Gasteiger partial charge in [-0.25, -0.2) is 8.78 Å². The summed E-state index contributed by atoms with van der Waals surface area (Å²) < 4.78 is 27.8. The van der Waals surface area contributed by atoms with Gasteiger partial charge < -0.3 is 5.32 Å². The van der Waals surface area contributed by atoms with Crippen LogP contribution in [0.1, 0.15) is 17.2 Å². The Kier molecular flexibility index (Phi) is 4.66. The number of nitrogens with one attached hydrogen (secondary N) is 1. The Morgan fingerprint density at radius 3 is 2.58 bits per heavy atom. The molecule has 0 heterocycles. The van der Waals surface area contributed by atoms with Crippen molar-refractivity contribution in [2.24, 2.45) is 0 Å². The molecule has 1 N–H and O–H groups in total. The molecule has 0 aromatic heterocycles. The van der Waals surface area contributed by atoms with E-state index in [1.54, 1.807) is 7.05 Å². The van der Waals surface area contributed by atoms with Crippen molar-refractivity contribution in [3.63, 3.8) is 0 Å². The van der Waals surface area contributed by atoms with Crippen molar-refractivity contribution < 1.29 is 8.78 Å². The Morgan fingerprint density at radius 1 is 1.16 bits per heavy atom. The van der Waals surface area contributed by atoms with E-state index >= 15 is 0 Å².